The third-order valence-electron chi connectivity index (χ3n) is 4.29. The highest BCUT2D eigenvalue weighted by molar-refractivity contribution is 7.14. The van der Waals surface area contributed by atoms with Crippen LogP contribution in [-0.2, 0) is 0 Å². The molecule has 0 aliphatic heterocycles. The van der Waals surface area contributed by atoms with Gasteiger partial charge in [0.25, 0.3) is 11.6 Å². The Labute approximate surface area is 169 Å². The summed E-state index contributed by atoms with van der Waals surface area (Å²) in [5.41, 5.74) is 3.18. The van der Waals surface area contributed by atoms with Gasteiger partial charge in [0.2, 0.25) is 0 Å². The van der Waals surface area contributed by atoms with Gasteiger partial charge in [-0.2, -0.15) is 0 Å². The first-order valence-electron chi connectivity index (χ1n) is 8.62. The van der Waals surface area contributed by atoms with E-state index >= 15 is 0 Å². The molecule has 1 N–H and O–H groups in total. The summed E-state index contributed by atoms with van der Waals surface area (Å²) in [7, 11) is 0. The molecule has 8 nitrogen and oxygen atoms in total. The first kappa shape index (κ1) is 18.5. The van der Waals surface area contributed by atoms with Gasteiger partial charge in [0.15, 0.2) is 5.13 Å². The van der Waals surface area contributed by atoms with E-state index in [0.717, 1.165) is 16.8 Å². The van der Waals surface area contributed by atoms with Crippen LogP contribution < -0.4 is 5.32 Å². The number of imidazole rings is 1. The van der Waals surface area contributed by atoms with E-state index in [1.807, 2.05) is 36.6 Å². The largest absolute Gasteiger partial charge is 0.300 e. The van der Waals surface area contributed by atoms with Crippen molar-refractivity contribution < 1.29 is 9.72 Å². The number of carbonyl (C=O) groups is 1. The summed E-state index contributed by atoms with van der Waals surface area (Å²) in [4.78, 5) is 31.9. The molecule has 0 saturated heterocycles. The van der Waals surface area contributed by atoms with Gasteiger partial charge in [-0.15, -0.1) is 11.3 Å². The lowest BCUT2D eigenvalue weighted by atomic mass is 10.1. The smallest absolute Gasteiger partial charge is 0.294 e. The highest BCUT2D eigenvalue weighted by Gasteiger charge is 2.19. The van der Waals surface area contributed by atoms with Crippen molar-refractivity contribution in [1.82, 2.24) is 14.5 Å². The summed E-state index contributed by atoms with van der Waals surface area (Å²) in [6.45, 7) is 2.01. The fourth-order valence-electron chi connectivity index (χ4n) is 2.79. The molecule has 9 heteroatoms. The van der Waals surface area contributed by atoms with Crippen molar-refractivity contribution in [2.45, 2.75) is 6.92 Å². The maximum atomic E-state index is 12.6. The number of nitrogens with zero attached hydrogens (tertiary/aromatic N) is 4. The van der Waals surface area contributed by atoms with Crippen molar-refractivity contribution in [2.75, 3.05) is 5.32 Å². The molecular formula is C20H15N5O3S. The first-order chi connectivity index (χ1) is 14.0. The van der Waals surface area contributed by atoms with E-state index in [1.54, 1.807) is 6.20 Å². The molecule has 0 radical (unpaired) electrons. The number of carbonyl (C=O) groups excluding carboxylic acids is 1. The molecular weight excluding hydrogens is 390 g/mol. The van der Waals surface area contributed by atoms with Gasteiger partial charge in [0.1, 0.15) is 5.69 Å². The molecule has 144 valence electrons. The number of anilines is 1. The number of amides is 1. The fourth-order valence-corrected chi connectivity index (χ4v) is 3.50. The van der Waals surface area contributed by atoms with E-state index in [-0.39, 0.29) is 11.3 Å². The maximum absolute atomic E-state index is 12.6. The second kappa shape index (κ2) is 7.64. The van der Waals surface area contributed by atoms with Gasteiger partial charge in [-0.1, -0.05) is 29.8 Å². The molecule has 2 aromatic heterocycles. The maximum Gasteiger partial charge on any atom is 0.294 e. The highest BCUT2D eigenvalue weighted by atomic mass is 32.1. The van der Waals surface area contributed by atoms with Crippen LogP contribution in [0.25, 0.3) is 16.9 Å². The Balaban J connectivity index is 1.57. The van der Waals surface area contributed by atoms with E-state index in [2.05, 4.69) is 15.3 Å². The molecule has 2 heterocycles. The number of hydrogen-bond donors (Lipinski definition) is 1. The van der Waals surface area contributed by atoms with E-state index in [4.69, 9.17) is 0 Å². The van der Waals surface area contributed by atoms with Crippen molar-refractivity contribution in [1.29, 1.82) is 0 Å². The molecule has 0 aliphatic rings. The highest BCUT2D eigenvalue weighted by Crippen LogP contribution is 2.27. The molecule has 0 spiro atoms. The summed E-state index contributed by atoms with van der Waals surface area (Å²) < 4.78 is 1.52. The molecule has 2 aromatic carbocycles. The molecule has 1 amide bonds. The number of benzene rings is 2. The van der Waals surface area contributed by atoms with Gasteiger partial charge in [0, 0.05) is 35.0 Å². The van der Waals surface area contributed by atoms with Crippen LogP contribution in [0.1, 0.15) is 15.9 Å². The standard InChI is InChI=1S/C20H15N5O3S/c1-13-2-4-14(5-3-13)16-11-29-20(22-16)23-19(26)15-6-7-17(18(10-15)25(27)28)24-9-8-21-12-24/h2-12H,1H3,(H,22,23,26). The average Bonchev–Trinajstić information content (AvgIpc) is 3.40. The lowest BCUT2D eigenvalue weighted by molar-refractivity contribution is -0.384. The summed E-state index contributed by atoms with van der Waals surface area (Å²) in [5.74, 6) is -0.463. The summed E-state index contributed by atoms with van der Waals surface area (Å²) in [5, 5.41) is 16.4. The number of rotatable bonds is 5. The molecule has 4 rings (SSSR count). The van der Waals surface area contributed by atoms with E-state index in [1.165, 1.54) is 46.6 Å². The Hall–Kier alpha value is -3.85. The normalized spacial score (nSPS) is 10.7. The van der Waals surface area contributed by atoms with Crippen LogP contribution in [0.5, 0.6) is 0 Å². The van der Waals surface area contributed by atoms with Crippen molar-refractivity contribution >= 4 is 28.1 Å². The van der Waals surface area contributed by atoms with Gasteiger partial charge < -0.3 is 4.57 Å². The number of nitro groups is 1. The zero-order valence-corrected chi connectivity index (χ0v) is 16.1. The number of nitrogens with one attached hydrogen (secondary N) is 1. The summed E-state index contributed by atoms with van der Waals surface area (Å²) >= 11 is 1.29. The molecule has 0 bridgehead atoms. The molecule has 0 atom stereocenters. The number of hydrogen-bond acceptors (Lipinski definition) is 6. The van der Waals surface area contributed by atoms with Crippen LogP contribution in [0.2, 0.25) is 0 Å². The van der Waals surface area contributed by atoms with Crippen LogP contribution >= 0.6 is 11.3 Å². The van der Waals surface area contributed by atoms with Gasteiger partial charge in [-0.25, -0.2) is 9.97 Å². The second-order valence-corrected chi connectivity index (χ2v) is 7.15. The SMILES string of the molecule is Cc1ccc(-c2csc(NC(=O)c3ccc(-n4ccnc4)c([N+](=O)[O-])c3)n2)cc1. The number of aryl methyl sites for hydroxylation is 1. The molecule has 0 fully saturated rings. The van der Waals surface area contributed by atoms with Crippen molar-refractivity contribution in [3.63, 3.8) is 0 Å². The van der Waals surface area contributed by atoms with Gasteiger partial charge in [-0.3, -0.25) is 20.2 Å². The van der Waals surface area contributed by atoms with Gasteiger partial charge in [0.05, 0.1) is 16.9 Å². The van der Waals surface area contributed by atoms with E-state index < -0.39 is 10.8 Å². The third kappa shape index (κ3) is 3.90. The van der Waals surface area contributed by atoms with Crippen LogP contribution in [0.15, 0.2) is 66.6 Å². The van der Waals surface area contributed by atoms with Crippen molar-refractivity contribution in [3.05, 3.63) is 87.8 Å². The number of aromatic nitrogens is 3. The minimum absolute atomic E-state index is 0.174. The molecule has 0 saturated carbocycles. The lowest BCUT2D eigenvalue weighted by Crippen LogP contribution is -2.12. The van der Waals surface area contributed by atoms with Gasteiger partial charge in [-0.05, 0) is 19.1 Å². The Bertz CT molecular complexity index is 1180. The van der Waals surface area contributed by atoms with Crippen LogP contribution in [-0.4, -0.2) is 25.4 Å². The van der Waals surface area contributed by atoms with Crippen LogP contribution in [0.3, 0.4) is 0 Å². The zero-order valence-electron chi connectivity index (χ0n) is 15.3. The van der Waals surface area contributed by atoms with E-state index in [0.29, 0.717) is 10.8 Å². The Morgan fingerprint density at radius 2 is 2.00 bits per heavy atom. The Morgan fingerprint density at radius 1 is 1.21 bits per heavy atom. The summed E-state index contributed by atoms with van der Waals surface area (Å²) in [6.07, 6.45) is 4.59. The quantitative estimate of drug-likeness (QED) is 0.390. The molecule has 0 unspecified atom stereocenters. The molecule has 29 heavy (non-hydrogen) atoms. The minimum atomic E-state index is -0.523. The van der Waals surface area contributed by atoms with Crippen LogP contribution in [0.4, 0.5) is 10.8 Å². The summed E-state index contributed by atoms with van der Waals surface area (Å²) in [6, 6.07) is 12.2. The second-order valence-electron chi connectivity index (χ2n) is 6.29. The monoisotopic (exact) mass is 405 g/mol. The lowest BCUT2D eigenvalue weighted by Gasteiger charge is -2.06. The molecule has 4 aromatic rings. The van der Waals surface area contributed by atoms with E-state index in [9.17, 15) is 14.9 Å². The average molecular weight is 405 g/mol. The van der Waals surface area contributed by atoms with Crippen molar-refractivity contribution in [3.8, 4) is 16.9 Å². The fraction of sp³-hybridized carbons (Fsp3) is 0.0500. The Kier molecular flexibility index (Phi) is 4.88. The Morgan fingerprint density at radius 3 is 2.69 bits per heavy atom. The number of nitro benzene ring substituents is 1. The minimum Gasteiger partial charge on any atom is -0.300 e. The third-order valence-corrected chi connectivity index (χ3v) is 5.05. The predicted octanol–water partition coefficient (Wildman–Crippen LogP) is 4.46. The topological polar surface area (TPSA) is 103 Å². The van der Waals surface area contributed by atoms with Crippen molar-refractivity contribution in [2.24, 2.45) is 0 Å². The predicted molar refractivity (Wildman–Crippen MR) is 110 cm³/mol. The van der Waals surface area contributed by atoms with Gasteiger partial charge >= 0.3 is 0 Å². The van der Waals surface area contributed by atoms with Crippen LogP contribution in [0, 0.1) is 17.0 Å². The first-order valence-corrected chi connectivity index (χ1v) is 9.50. The zero-order chi connectivity index (χ0) is 20.4. The number of thiazole rings is 1. The molecule has 0 aliphatic carbocycles.